The highest BCUT2D eigenvalue weighted by atomic mass is 16.6. The summed E-state index contributed by atoms with van der Waals surface area (Å²) < 4.78 is 0. The van der Waals surface area contributed by atoms with Crippen LogP contribution in [0.1, 0.15) is 42.6 Å². The molecule has 0 spiro atoms. The normalized spacial score (nSPS) is 24.8. The van der Waals surface area contributed by atoms with Crippen LogP contribution in [-0.2, 0) is 5.41 Å². The topological polar surface area (TPSA) is 58.7 Å². The lowest BCUT2D eigenvalue weighted by Gasteiger charge is -2.61. The van der Waals surface area contributed by atoms with Crippen LogP contribution in [0.25, 0.3) is 0 Å². The molecule has 0 aliphatic carbocycles. The van der Waals surface area contributed by atoms with E-state index in [1.54, 1.807) is 12.1 Å². The Bertz CT molecular complexity index is 1120. The number of aliphatic imine (C=N–C) groups is 1. The van der Waals surface area contributed by atoms with E-state index in [1.807, 2.05) is 30.3 Å². The van der Waals surface area contributed by atoms with Crippen LogP contribution in [0.3, 0.4) is 0 Å². The Morgan fingerprint density at radius 3 is 2.31 bits per heavy atom. The van der Waals surface area contributed by atoms with Gasteiger partial charge in [-0.05, 0) is 31.0 Å². The van der Waals surface area contributed by atoms with E-state index in [4.69, 9.17) is 4.99 Å². The first-order valence-electron chi connectivity index (χ1n) is 9.78. The van der Waals surface area contributed by atoms with Gasteiger partial charge in [-0.15, -0.1) is 0 Å². The first kappa shape index (κ1) is 17.6. The molecule has 2 aliphatic heterocycles. The van der Waals surface area contributed by atoms with Crippen LogP contribution in [0, 0.1) is 10.1 Å². The van der Waals surface area contributed by atoms with E-state index in [-0.39, 0.29) is 28.1 Å². The van der Waals surface area contributed by atoms with Crippen molar-refractivity contribution in [1.29, 1.82) is 0 Å². The maximum absolute atomic E-state index is 11.1. The molecule has 0 bridgehead atoms. The van der Waals surface area contributed by atoms with Gasteiger partial charge >= 0.3 is 0 Å². The summed E-state index contributed by atoms with van der Waals surface area (Å²) in [6.45, 7) is 4.43. The largest absolute Gasteiger partial charge is 0.344 e. The fraction of sp³-hybridized carbons (Fsp3) is 0.208. The van der Waals surface area contributed by atoms with Crippen LogP contribution in [-0.4, -0.2) is 15.7 Å². The Labute approximate surface area is 169 Å². The van der Waals surface area contributed by atoms with Gasteiger partial charge in [-0.25, -0.2) is 4.99 Å². The van der Waals surface area contributed by atoms with Gasteiger partial charge in [0, 0.05) is 17.7 Å². The number of nitro benzene ring substituents is 1. The van der Waals surface area contributed by atoms with E-state index in [9.17, 15) is 10.1 Å². The molecule has 0 amide bonds. The van der Waals surface area contributed by atoms with Gasteiger partial charge in [0.1, 0.15) is 5.84 Å². The number of fused-ring (bicyclic) bond motifs is 2. The average molecular weight is 383 g/mol. The minimum Gasteiger partial charge on any atom is -0.344 e. The van der Waals surface area contributed by atoms with Crippen molar-refractivity contribution in [3.05, 3.63) is 106 Å². The Balaban J connectivity index is 1.68. The van der Waals surface area contributed by atoms with E-state index in [0.29, 0.717) is 0 Å². The van der Waals surface area contributed by atoms with Crippen molar-refractivity contribution in [3.63, 3.8) is 0 Å². The van der Waals surface area contributed by atoms with Crippen LogP contribution in [0.2, 0.25) is 0 Å². The van der Waals surface area contributed by atoms with Crippen LogP contribution < -0.4 is 0 Å². The maximum atomic E-state index is 11.1. The first-order valence-corrected chi connectivity index (χ1v) is 9.78. The SMILES string of the molecule is C[C@H]1c2ccccc2N=C2N1[C@@H](c1ccc([N+](=O)[O-])cc1)[C@@]2(C)c1ccccc1. The van der Waals surface area contributed by atoms with Crippen molar-refractivity contribution in [1.82, 2.24) is 4.90 Å². The predicted octanol–water partition coefficient (Wildman–Crippen LogP) is 5.71. The zero-order chi connectivity index (χ0) is 20.2. The summed E-state index contributed by atoms with van der Waals surface area (Å²) in [7, 11) is 0. The second kappa shape index (κ2) is 6.27. The Kier molecular flexibility index (Phi) is 3.81. The molecule has 0 unspecified atom stereocenters. The molecule has 3 atom stereocenters. The molecule has 0 radical (unpaired) electrons. The third-order valence-corrected chi connectivity index (χ3v) is 6.36. The molecule has 5 nitrogen and oxygen atoms in total. The second-order valence-electron chi connectivity index (χ2n) is 7.90. The predicted molar refractivity (Wildman–Crippen MR) is 113 cm³/mol. The number of amidine groups is 1. The number of benzene rings is 3. The molecule has 1 saturated heterocycles. The van der Waals surface area contributed by atoms with Crippen molar-refractivity contribution in [2.75, 3.05) is 0 Å². The summed E-state index contributed by atoms with van der Waals surface area (Å²) in [4.78, 5) is 18.2. The van der Waals surface area contributed by atoms with Gasteiger partial charge in [0.05, 0.1) is 28.1 Å². The van der Waals surface area contributed by atoms with Crippen molar-refractivity contribution >= 4 is 17.2 Å². The summed E-state index contributed by atoms with van der Waals surface area (Å²) >= 11 is 0. The van der Waals surface area contributed by atoms with Crippen molar-refractivity contribution in [2.45, 2.75) is 31.3 Å². The van der Waals surface area contributed by atoms with Crippen LogP contribution >= 0.6 is 0 Å². The van der Waals surface area contributed by atoms with Gasteiger partial charge in [-0.1, -0.05) is 60.7 Å². The Hall–Kier alpha value is -3.47. The van der Waals surface area contributed by atoms with Gasteiger partial charge in [-0.3, -0.25) is 10.1 Å². The van der Waals surface area contributed by atoms with E-state index >= 15 is 0 Å². The minimum absolute atomic E-state index is 0.0489. The second-order valence-corrected chi connectivity index (χ2v) is 7.90. The monoisotopic (exact) mass is 383 g/mol. The molecule has 0 aromatic heterocycles. The molecule has 0 N–H and O–H groups in total. The number of rotatable bonds is 3. The highest BCUT2D eigenvalue weighted by Gasteiger charge is 2.59. The molecule has 29 heavy (non-hydrogen) atoms. The fourth-order valence-electron chi connectivity index (χ4n) is 4.86. The fourth-order valence-corrected chi connectivity index (χ4v) is 4.86. The lowest BCUT2D eigenvalue weighted by Crippen LogP contribution is -2.65. The summed E-state index contributed by atoms with van der Waals surface area (Å²) in [5, 5.41) is 11.1. The van der Waals surface area contributed by atoms with E-state index in [2.05, 4.69) is 55.1 Å². The summed E-state index contributed by atoms with van der Waals surface area (Å²) in [6.07, 6.45) is 0. The molecule has 3 aromatic rings. The molecule has 1 fully saturated rings. The molecular weight excluding hydrogens is 362 g/mol. The number of hydrogen-bond donors (Lipinski definition) is 0. The molecule has 144 valence electrons. The van der Waals surface area contributed by atoms with E-state index < -0.39 is 0 Å². The third-order valence-electron chi connectivity index (χ3n) is 6.36. The lowest BCUT2D eigenvalue weighted by molar-refractivity contribution is -0.384. The molecule has 5 rings (SSSR count). The third kappa shape index (κ3) is 2.43. The quantitative estimate of drug-likeness (QED) is 0.430. The Morgan fingerprint density at radius 1 is 0.966 bits per heavy atom. The van der Waals surface area contributed by atoms with Crippen molar-refractivity contribution < 1.29 is 4.92 Å². The van der Waals surface area contributed by atoms with Gasteiger partial charge < -0.3 is 4.90 Å². The number of nitro groups is 1. The number of para-hydroxylation sites is 1. The van der Waals surface area contributed by atoms with E-state index in [0.717, 1.165) is 17.1 Å². The number of nitrogens with zero attached hydrogens (tertiary/aromatic N) is 3. The molecule has 2 aliphatic rings. The maximum Gasteiger partial charge on any atom is 0.269 e. The number of non-ortho nitro benzene ring substituents is 1. The average Bonchev–Trinajstić information content (AvgIpc) is 2.75. The molecule has 0 saturated carbocycles. The lowest BCUT2D eigenvalue weighted by atomic mass is 9.63. The van der Waals surface area contributed by atoms with Crippen molar-refractivity contribution in [2.24, 2.45) is 4.99 Å². The number of hydrogen-bond acceptors (Lipinski definition) is 4. The first-order chi connectivity index (χ1) is 14.0. The molecule has 5 heteroatoms. The zero-order valence-electron chi connectivity index (χ0n) is 16.3. The Morgan fingerprint density at radius 2 is 1.62 bits per heavy atom. The van der Waals surface area contributed by atoms with E-state index in [1.165, 1.54) is 11.1 Å². The van der Waals surface area contributed by atoms with Crippen molar-refractivity contribution in [3.8, 4) is 0 Å². The summed E-state index contributed by atoms with van der Waals surface area (Å²) in [5.74, 6) is 1.05. The zero-order valence-corrected chi connectivity index (χ0v) is 16.3. The standard InChI is InChI=1S/C24H21N3O2/c1-16-20-10-6-7-11-21(20)25-23-24(2,18-8-4-3-5-9-18)22(26(16)23)17-12-14-19(15-13-17)27(28)29/h3-16,22H,1-2H3/t16-,22-,24+/m0/s1. The summed E-state index contributed by atoms with van der Waals surface area (Å²) in [5.41, 5.74) is 4.30. The van der Waals surface area contributed by atoms with Gasteiger partial charge in [-0.2, -0.15) is 0 Å². The molecular formula is C24H21N3O2. The van der Waals surface area contributed by atoms with Crippen LogP contribution in [0.5, 0.6) is 0 Å². The summed E-state index contributed by atoms with van der Waals surface area (Å²) in [6, 6.07) is 25.9. The van der Waals surface area contributed by atoms with Crippen LogP contribution in [0.15, 0.2) is 83.9 Å². The van der Waals surface area contributed by atoms with Gasteiger partial charge in [0.2, 0.25) is 0 Å². The molecule has 3 aromatic carbocycles. The van der Waals surface area contributed by atoms with Crippen LogP contribution in [0.4, 0.5) is 11.4 Å². The highest BCUT2D eigenvalue weighted by Crippen LogP contribution is 2.58. The van der Waals surface area contributed by atoms with Gasteiger partial charge in [0.25, 0.3) is 5.69 Å². The smallest absolute Gasteiger partial charge is 0.269 e. The molecule has 2 heterocycles. The minimum atomic E-state index is -0.354. The highest BCUT2D eigenvalue weighted by molar-refractivity contribution is 6.03. The van der Waals surface area contributed by atoms with Gasteiger partial charge in [0.15, 0.2) is 0 Å².